The molecule has 0 fully saturated rings. The standard InChI is InChI=1S/C12H16N2O/c1-12(2,3)14-9-7-11(15)10-6-4-5-8-13-10/h4-9,14H,1-3H3/b9-7+. The Morgan fingerprint density at radius 3 is 2.67 bits per heavy atom. The lowest BCUT2D eigenvalue weighted by Crippen LogP contribution is -2.31. The van der Waals surface area contributed by atoms with Crippen molar-refractivity contribution in [1.29, 1.82) is 0 Å². The van der Waals surface area contributed by atoms with E-state index in [1.54, 1.807) is 30.6 Å². The van der Waals surface area contributed by atoms with Gasteiger partial charge in [0.25, 0.3) is 0 Å². The first kappa shape index (κ1) is 11.4. The Hall–Kier alpha value is -1.64. The molecular formula is C12H16N2O. The molecule has 0 saturated heterocycles. The van der Waals surface area contributed by atoms with E-state index in [-0.39, 0.29) is 11.3 Å². The summed E-state index contributed by atoms with van der Waals surface area (Å²) in [5.74, 6) is -0.0904. The predicted molar refractivity (Wildman–Crippen MR) is 60.6 cm³/mol. The molecule has 80 valence electrons. The topological polar surface area (TPSA) is 42.0 Å². The molecule has 1 rings (SSSR count). The van der Waals surface area contributed by atoms with Gasteiger partial charge in [0.1, 0.15) is 5.69 Å². The fraction of sp³-hybridized carbons (Fsp3) is 0.333. The number of ketones is 1. The van der Waals surface area contributed by atoms with E-state index in [1.807, 2.05) is 20.8 Å². The van der Waals surface area contributed by atoms with E-state index < -0.39 is 0 Å². The van der Waals surface area contributed by atoms with E-state index in [0.717, 1.165) is 0 Å². The molecule has 0 aliphatic heterocycles. The lowest BCUT2D eigenvalue weighted by Gasteiger charge is -2.18. The number of pyridine rings is 1. The van der Waals surface area contributed by atoms with Crippen LogP contribution in [0, 0.1) is 0 Å². The van der Waals surface area contributed by atoms with Gasteiger partial charge in [-0.2, -0.15) is 0 Å². The van der Waals surface area contributed by atoms with Crippen LogP contribution in [0.25, 0.3) is 0 Å². The number of carbonyl (C=O) groups excluding carboxylic acids is 1. The summed E-state index contributed by atoms with van der Waals surface area (Å²) in [6.45, 7) is 6.09. The molecule has 0 bridgehead atoms. The van der Waals surface area contributed by atoms with Gasteiger partial charge in [-0.25, -0.2) is 0 Å². The fourth-order valence-corrected chi connectivity index (χ4v) is 0.961. The van der Waals surface area contributed by atoms with Gasteiger partial charge < -0.3 is 5.32 Å². The zero-order valence-electron chi connectivity index (χ0n) is 9.32. The van der Waals surface area contributed by atoms with E-state index in [1.165, 1.54) is 6.08 Å². The number of carbonyl (C=O) groups is 1. The van der Waals surface area contributed by atoms with E-state index >= 15 is 0 Å². The Morgan fingerprint density at radius 2 is 2.13 bits per heavy atom. The number of aromatic nitrogens is 1. The van der Waals surface area contributed by atoms with Crippen molar-refractivity contribution in [3.63, 3.8) is 0 Å². The van der Waals surface area contributed by atoms with E-state index in [9.17, 15) is 4.79 Å². The van der Waals surface area contributed by atoms with Crippen LogP contribution in [0.2, 0.25) is 0 Å². The molecule has 0 aliphatic carbocycles. The molecule has 0 aliphatic rings. The van der Waals surface area contributed by atoms with Crippen LogP contribution in [0.15, 0.2) is 36.7 Å². The highest BCUT2D eigenvalue weighted by Crippen LogP contribution is 1.99. The quantitative estimate of drug-likeness (QED) is 0.606. The van der Waals surface area contributed by atoms with E-state index in [0.29, 0.717) is 5.69 Å². The van der Waals surface area contributed by atoms with Crippen LogP contribution < -0.4 is 5.32 Å². The average molecular weight is 204 g/mol. The summed E-state index contributed by atoms with van der Waals surface area (Å²) in [6, 6.07) is 5.28. The molecule has 1 heterocycles. The summed E-state index contributed by atoms with van der Waals surface area (Å²) >= 11 is 0. The first-order valence-electron chi connectivity index (χ1n) is 4.89. The highest BCUT2D eigenvalue weighted by molar-refractivity contribution is 6.02. The van der Waals surface area contributed by atoms with Crippen molar-refractivity contribution in [2.24, 2.45) is 0 Å². The maximum absolute atomic E-state index is 11.5. The van der Waals surface area contributed by atoms with Crippen molar-refractivity contribution < 1.29 is 4.79 Å². The highest BCUT2D eigenvalue weighted by atomic mass is 16.1. The molecule has 0 aromatic carbocycles. The zero-order chi connectivity index (χ0) is 11.3. The molecule has 3 nitrogen and oxygen atoms in total. The summed E-state index contributed by atoms with van der Waals surface area (Å²) in [4.78, 5) is 15.5. The van der Waals surface area contributed by atoms with Crippen LogP contribution in [-0.2, 0) is 0 Å². The summed E-state index contributed by atoms with van der Waals surface area (Å²) in [5, 5.41) is 3.09. The van der Waals surface area contributed by atoms with Gasteiger partial charge in [0, 0.05) is 24.0 Å². The maximum Gasteiger partial charge on any atom is 0.205 e. The Labute approximate surface area is 90.2 Å². The molecule has 3 heteroatoms. The molecule has 0 atom stereocenters. The van der Waals surface area contributed by atoms with Crippen LogP contribution >= 0.6 is 0 Å². The third-order valence-electron chi connectivity index (χ3n) is 1.67. The molecule has 1 N–H and O–H groups in total. The number of hydrogen-bond acceptors (Lipinski definition) is 3. The van der Waals surface area contributed by atoms with Gasteiger partial charge in [0.15, 0.2) is 0 Å². The van der Waals surface area contributed by atoms with Crippen LogP contribution in [0.1, 0.15) is 31.3 Å². The lowest BCUT2D eigenvalue weighted by molar-refractivity contribution is 0.104. The minimum atomic E-state index is -0.0904. The number of rotatable bonds is 3. The molecular weight excluding hydrogens is 188 g/mol. The Kier molecular flexibility index (Phi) is 3.61. The van der Waals surface area contributed by atoms with Crippen molar-refractivity contribution in [1.82, 2.24) is 10.3 Å². The number of nitrogens with zero attached hydrogens (tertiary/aromatic N) is 1. The third kappa shape index (κ3) is 4.40. The minimum absolute atomic E-state index is 0.0269. The number of allylic oxidation sites excluding steroid dienone is 1. The highest BCUT2D eigenvalue weighted by Gasteiger charge is 2.06. The molecule has 0 radical (unpaired) electrons. The summed E-state index contributed by atoms with van der Waals surface area (Å²) in [7, 11) is 0. The SMILES string of the molecule is CC(C)(C)N/C=C/C(=O)c1ccccn1. The Morgan fingerprint density at radius 1 is 1.40 bits per heavy atom. The monoisotopic (exact) mass is 204 g/mol. The van der Waals surface area contributed by atoms with Gasteiger partial charge in [-0.15, -0.1) is 0 Å². The lowest BCUT2D eigenvalue weighted by atomic mass is 10.1. The molecule has 1 aromatic rings. The van der Waals surface area contributed by atoms with Gasteiger partial charge in [0.2, 0.25) is 5.78 Å². The third-order valence-corrected chi connectivity index (χ3v) is 1.67. The average Bonchev–Trinajstić information content (AvgIpc) is 2.17. The molecule has 0 amide bonds. The Balaban J connectivity index is 2.57. The van der Waals surface area contributed by atoms with Crippen molar-refractivity contribution in [2.45, 2.75) is 26.3 Å². The molecule has 0 unspecified atom stereocenters. The first-order valence-corrected chi connectivity index (χ1v) is 4.89. The first-order chi connectivity index (χ1) is 6.99. The van der Waals surface area contributed by atoms with E-state index in [4.69, 9.17) is 0 Å². The smallest absolute Gasteiger partial charge is 0.205 e. The molecule has 15 heavy (non-hydrogen) atoms. The number of hydrogen-bond donors (Lipinski definition) is 1. The number of nitrogens with one attached hydrogen (secondary N) is 1. The van der Waals surface area contributed by atoms with Crippen molar-refractivity contribution in [2.75, 3.05) is 0 Å². The van der Waals surface area contributed by atoms with Crippen LogP contribution in [-0.4, -0.2) is 16.3 Å². The fourth-order valence-electron chi connectivity index (χ4n) is 0.961. The predicted octanol–water partition coefficient (Wildman–Crippen LogP) is 2.17. The second-order valence-electron chi connectivity index (χ2n) is 4.31. The van der Waals surface area contributed by atoms with Crippen molar-refractivity contribution >= 4 is 5.78 Å². The van der Waals surface area contributed by atoms with Crippen molar-refractivity contribution in [3.05, 3.63) is 42.4 Å². The largest absolute Gasteiger partial charge is 0.386 e. The molecule has 1 aromatic heterocycles. The van der Waals surface area contributed by atoms with Crippen LogP contribution in [0.3, 0.4) is 0 Å². The minimum Gasteiger partial charge on any atom is -0.386 e. The van der Waals surface area contributed by atoms with Gasteiger partial charge in [-0.3, -0.25) is 9.78 Å². The normalized spacial score (nSPS) is 11.7. The van der Waals surface area contributed by atoms with Gasteiger partial charge in [-0.1, -0.05) is 6.07 Å². The summed E-state index contributed by atoms with van der Waals surface area (Å²) in [5.41, 5.74) is 0.436. The molecule has 0 saturated carbocycles. The Bertz CT molecular complexity index is 350. The summed E-state index contributed by atoms with van der Waals surface area (Å²) < 4.78 is 0. The second-order valence-corrected chi connectivity index (χ2v) is 4.31. The van der Waals surface area contributed by atoms with Crippen LogP contribution in [0.4, 0.5) is 0 Å². The second kappa shape index (κ2) is 4.73. The van der Waals surface area contributed by atoms with Crippen molar-refractivity contribution in [3.8, 4) is 0 Å². The van der Waals surface area contributed by atoms with Gasteiger partial charge in [0.05, 0.1) is 0 Å². The zero-order valence-corrected chi connectivity index (χ0v) is 9.32. The maximum atomic E-state index is 11.5. The van der Waals surface area contributed by atoms with Gasteiger partial charge in [-0.05, 0) is 32.9 Å². The molecule has 0 spiro atoms. The van der Waals surface area contributed by atoms with E-state index in [2.05, 4.69) is 10.3 Å². The summed E-state index contributed by atoms with van der Waals surface area (Å²) in [6.07, 6.45) is 4.77. The van der Waals surface area contributed by atoms with Gasteiger partial charge >= 0.3 is 0 Å². The van der Waals surface area contributed by atoms with Crippen LogP contribution in [0.5, 0.6) is 0 Å².